The Labute approximate surface area is 194 Å². The first-order valence-corrected chi connectivity index (χ1v) is 10.1. The molecule has 34 heavy (non-hydrogen) atoms. The van der Waals surface area contributed by atoms with Gasteiger partial charge in [-0.15, -0.1) is 0 Å². The van der Waals surface area contributed by atoms with Gasteiger partial charge in [0.15, 0.2) is 23.9 Å². The lowest BCUT2D eigenvalue weighted by molar-refractivity contribution is -0.385. The fraction of sp³-hybridized carbons (Fsp3) is 0.174. The number of benzene rings is 2. The normalized spacial score (nSPS) is 10.6. The number of amides is 1. The Bertz CT molecular complexity index is 1200. The van der Waals surface area contributed by atoms with E-state index >= 15 is 0 Å². The summed E-state index contributed by atoms with van der Waals surface area (Å²) in [4.78, 5) is 34.7. The highest BCUT2D eigenvalue weighted by Crippen LogP contribution is 2.29. The molecule has 0 unspecified atom stereocenters. The van der Waals surface area contributed by atoms with Crippen molar-refractivity contribution in [3.05, 3.63) is 81.8 Å². The Balaban J connectivity index is 1.59. The zero-order chi connectivity index (χ0) is 24.5. The van der Waals surface area contributed by atoms with E-state index in [-0.39, 0.29) is 22.9 Å². The highest BCUT2D eigenvalue weighted by molar-refractivity contribution is 5.89. The molecule has 0 radical (unpaired) electrons. The molecular weight excluding hydrogens is 446 g/mol. The van der Waals surface area contributed by atoms with Gasteiger partial charge in [-0.1, -0.05) is 6.07 Å². The molecule has 0 aliphatic carbocycles. The number of nitrogens with zero attached hydrogens (tertiary/aromatic N) is 2. The van der Waals surface area contributed by atoms with Crippen molar-refractivity contribution in [3.8, 4) is 17.2 Å². The summed E-state index contributed by atoms with van der Waals surface area (Å²) < 4.78 is 21.1. The van der Waals surface area contributed by atoms with E-state index < -0.39 is 23.4 Å². The van der Waals surface area contributed by atoms with Gasteiger partial charge >= 0.3 is 11.7 Å². The number of esters is 1. The van der Waals surface area contributed by atoms with Crippen molar-refractivity contribution < 1.29 is 33.1 Å². The minimum absolute atomic E-state index is 0.0178. The van der Waals surface area contributed by atoms with E-state index in [1.807, 2.05) is 0 Å². The molecule has 1 heterocycles. The number of rotatable bonds is 10. The summed E-state index contributed by atoms with van der Waals surface area (Å²) in [6.45, 7) is 3.35. The highest BCUT2D eigenvalue weighted by Gasteiger charge is 2.17. The van der Waals surface area contributed by atoms with Gasteiger partial charge in [0.05, 0.1) is 24.0 Å². The van der Waals surface area contributed by atoms with Gasteiger partial charge in [-0.2, -0.15) is 5.10 Å². The molecule has 0 atom stereocenters. The number of nitro groups is 1. The maximum atomic E-state index is 12.1. The van der Waals surface area contributed by atoms with E-state index in [4.69, 9.17) is 18.6 Å². The summed E-state index contributed by atoms with van der Waals surface area (Å²) in [5.41, 5.74) is 3.29. The summed E-state index contributed by atoms with van der Waals surface area (Å²) in [7, 11) is 0. The third-order valence-corrected chi connectivity index (χ3v) is 4.27. The van der Waals surface area contributed by atoms with Crippen LogP contribution in [0.2, 0.25) is 0 Å². The van der Waals surface area contributed by atoms with Crippen molar-refractivity contribution in [2.24, 2.45) is 5.10 Å². The van der Waals surface area contributed by atoms with Crippen LogP contribution >= 0.6 is 0 Å². The Kier molecular flexibility index (Phi) is 7.95. The second-order valence-corrected chi connectivity index (χ2v) is 6.82. The van der Waals surface area contributed by atoms with E-state index in [2.05, 4.69) is 10.5 Å². The van der Waals surface area contributed by atoms with Gasteiger partial charge in [0.2, 0.25) is 5.76 Å². The molecule has 176 valence electrons. The first kappa shape index (κ1) is 24.0. The van der Waals surface area contributed by atoms with Crippen molar-refractivity contribution in [3.63, 3.8) is 0 Å². The molecule has 3 rings (SSSR count). The number of hydrazone groups is 1. The third kappa shape index (κ3) is 6.42. The van der Waals surface area contributed by atoms with Crippen LogP contribution < -0.4 is 19.6 Å². The zero-order valence-electron chi connectivity index (χ0n) is 18.3. The Morgan fingerprint density at radius 2 is 1.91 bits per heavy atom. The summed E-state index contributed by atoms with van der Waals surface area (Å²) in [5.74, 6) is -0.761. The lowest BCUT2D eigenvalue weighted by Crippen LogP contribution is -2.24. The van der Waals surface area contributed by atoms with Crippen LogP contribution in [0.4, 0.5) is 5.69 Å². The Morgan fingerprint density at radius 3 is 2.62 bits per heavy atom. The van der Waals surface area contributed by atoms with Gasteiger partial charge in [0.25, 0.3) is 5.91 Å². The summed E-state index contributed by atoms with van der Waals surface area (Å²) in [5, 5.41) is 15.0. The summed E-state index contributed by atoms with van der Waals surface area (Å²) >= 11 is 0. The van der Waals surface area contributed by atoms with Crippen LogP contribution in [0.5, 0.6) is 17.2 Å². The van der Waals surface area contributed by atoms with Gasteiger partial charge in [0, 0.05) is 6.07 Å². The molecule has 1 aromatic heterocycles. The number of nitro benzene ring substituents is 1. The van der Waals surface area contributed by atoms with E-state index in [9.17, 15) is 19.7 Å². The lowest BCUT2D eigenvalue weighted by Gasteiger charge is -2.10. The van der Waals surface area contributed by atoms with Gasteiger partial charge in [0.1, 0.15) is 0 Å². The van der Waals surface area contributed by atoms with Crippen molar-refractivity contribution >= 4 is 23.8 Å². The molecule has 0 bridgehead atoms. The predicted molar refractivity (Wildman–Crippen MR) is 120 cm³/mol. The standard InChI is InChI=1S/C23H21N3O8/c1-3-31-21-12-16(7-9-19(21)34-23(28)20-5-4-10-32-20)13-24-25-22(27)14-33-18-8-6-15(2)11-17(18)26(29)30/h4-13H,3,14H2,1-2H3,(H,25,27)/b24-13+. The maximum absolute atomic E-state index is 12.1. The molecule has 2 aromatic carbocycles. The molecule has 0 spiro atoms. The molecule has 11 nitrogen and oxygen atoms in total. The largest absolute Gasteiger partial charge is 0.490 e. The van der Waals surface area contributed by atoms with Crippen LogP contribution in [-0.2, 0) is 4.79 Å². The van der Waals surface area contributed by atoms with Gasteiger partial charge in [-0.05, 0) is 61.4 Å². The Hall–Kier alpha value is -4.67. The maximum Gasteiger partial charge on any atom is 0.379 e. The van der Waals surface area contributed by atoms with Crippen molar-refractivity contribution in [1.29, 1.82) is 0 Å². The number of hydrogen-bond acceptors (Lipinski definition) is 9. The van der Waals surface area contributed by atoms with Crippen LogP contribution in [0.3, 0.4) is 0 Å². The van der Waals surface area contributed by atoms with Crippen molar-refractivity contribution in [2.45, 2.75) is 13.8 Å². The number of hydrogen-bond donors (Lipinski definition) is 1. The smallest absolute Gasteiger partial charge is 0.379 e. The molecule has 11 heteroatoms. The molecule has 3 aromatic rings. The monoisotopic (exact) mass is 467 g/mol. The van der Waals surface area contributed by atoms with E-state index in [0.717, 1.165) is 0 Å². The summed E-state index contributed by atoms with van der Waals surface area (Å²) in [6.07, 6.45) is 2.72. The lowest BCUT2D eigenvalue weighted by atomic mass is 10.2. The highest BCUT2D eigenvalue weighted by atomic mass is 16.6. The van der Waals surface area contributed by atoms with Crippen molar-refractivity contribution in [1.82, 2.24) is 5.43 Å². The number of carbonyl (C=O) groups is 2. The minimum Gasteiger partial charge on any atom is -0.490 e. The number of furan rings is 1. The second-order valence-electron chi connectivity index (χ2n) is 6.82. The average Bonchev–Trinajstić information content (AvgIpc) is 3.35. The SMILES string of the molecule is CCOc1cc(/C=N/NC(=O)COc2ccc(C)cc2[N+](=O)[O-])ccc1OC(=O)c1ccco1. The molecule has 1 amide bonds. The first-order chi connectivity index (χ1) is 16.4. The molecule has 0 aliphatic heterocycles. The molecular formula is C23H21N3O8. The van der Waals surface area contributed by atoms with Gasteiger partial charge in [-0.3, -0.25) is 14.9 Å². The fourth-order valence-electron chi connectivity index (χ4n) is 2.75. The van der Waals surface area contributed by atoms with Crippen LogP contribution in [0.25, 0.3) is 0 Å². The topological polar surface area (TPSA) is 142 Å². The van der Waals surface area contributed by atoms with E-state index in [1.165, 1.54) is 36.7 Å². The predicted octanol–water partition coefficient (Wildman–Crippen LogP) is 3.64. The van der Waals surface area contributed by atoms with E-state index in [0.29, 0.717) is 23.5 Å². The van der Waals surface area contributed by atoms with Crippen LogP contribution in [0.1, 0.15) is 28.6 Å². The molecule has 0 saturated heterocycles. The van der Waals surface area contributed by atoms with Gasteiger partial charge in [-0.25, -0.2) is 10.2 Å². The van der Waals surface area contributed by atoms with Crippen molar-refractivity contribution in [2.75, 3.05) is 13.2 Å². The molecule has 0 fully saturated rings. The average molecular weight is 467 g/mol. The Morgan fingerprint density at radius 1 is 1.12 bits per heavy atom. The zero-order valence-corrected chi connectivity index (χ0v) is 18.3. The summed E-state index contributed by atoms with van der Waals surface area (Å²) in [6, 6.07) is 12.2. The number of nitrogens with one attached hydrogen (secondary N) is 1. The first-order valence-electron chi connectivity index (χ1n) is 10.1. The van der Waals surface area contributed by atoms with E-state index in [1.54, 1.807) is 38.1 Å². The van der Waals surface area contributed by atoms with Crippen LogP contribution in [0, 0.1) is 17.0 Å². The quantitative estimate of drug-likeness (QED) is 0.157. The number of carbonyl (C=O) groups excluding carboxylic acids is 2. The van der Waals surface area contributed by atoms with Gasteiger partial charge < -0.3 is 18.6 Å². The van der Waals surface area contributed by atoms with Crippen LogP contribution in [-0.4, -0.2) is 36.2 Å². The minimum atomic E-state index is -0.673. The number of aryl methyl sites for hydroxylation is 1. The number of ether oxygens (including phenoxy) is 3. The van der Waals surface area contributed by atoms with Crippen LogP contribution in [0.15, 0.2) is 64.3 Å². The second kappa shape index (κ2) is 11.3. The third-order valence-electron chi connectivity index (χ3n) is 4.27. The molecule has 1 N–H and O–H groups in total. The molecule has 0 aliphatic rings. The molecule has 0 saturated carbocycles. The fourth-order valence-corrected chi connectivity index (χ4v) is 2.75.